The second-order valence-electron chi connectivity index (χ2n) is 3.39. The van der Waals surface area contributed by atoms with Crippen LogP contribution in [0, 0.1) is 0 Å². The Hall–Kier alpha value is -1.74. The molecule has 0 unspecified atom stereocenters. The molecule has 3 rings (SSSR count). The molecule has 0 aliphatic heterocycles. The summed E-state index contributed by atoms with van der Waals surface area (Å²) >= 11 is 4.62. The second-order valence-corrected chi connectivity index (χ2v) is 5.20. The van der Waals surface area contributed by atoms with Gasteiger partial charge in [-0.05, 0) is 27.7 Å². The Morgan fingerprint density at radius 1 is 1.26 bits per heavy atom. The van der Waals surface area contributed by atoms with E-state index in [0.29, 0.717) is 26.2 Å². The third-order valence-corrected chi connectivity index (χ3v) is 3.69. The molecule has 0 radical (unpaired) electrons. The molecule has 3 heterocycles. The van der Waals surface area contributed by atoms with Crippen molar-refractivity contribution in [2.45, 2.75) is 10.2 Å². The highest BCUT2D eigenvalue weighted by Crippen LogP contribution is 2.30. The molecular formula is C10H7BrN6OS. The molecular weight excluding hydrogens is 332 g/mol. The summed E-state index contributed by atoms with van der Waals surface area (Å²) in [6, 6.07) is 0. The van der Waals surface area contributed by atoms with Crippen LogP contribution < -0.4 is 4.74 Å². The molecule has 0 saturated heterocycles. The highest BCUT2D eigenvalue weighted by molar-refractivity contribution is 9.10. The fourth-order valence-electron chi connectivity index (χ4n) is 1.44. The van der Waals surface area contributed by atoms with Gasteiger partial charge in [-0.25, -0.2) is 19.9 Å². The topological polar surface area (TPSA) is 89.5 Å². The van der Waals surface area contributed by atoms with Crippen molar-refractivity contribution in [3.63, 3.8) is 0 Å². The molecule has 0 atom stereocenters. The lowest BCUT2D eigenvalue weighted by Gasteiger charge is -2.04. The van der Waals surface area contributed by atoms with Gasteiger partial charge in [0.25, 0.3) is 0 Å². The first-order chi connectivity index (χ1) is 9.28. The number of ether oxygens (including phenoxy) is 1. The summed E-state index contributed by atoms with van der Waals surface area (Å²) in [6.45, 7) is 0. The third-order valence-electron chi connectivity index (χ3n) is 2.26. The van der Waals surface area contributed by atoms with Gasteiger partial charge in [-0.15, -0.1) is 0 Å². The van der Waals surface area contributed by atoms with E-state index in [-0.39, 0.29) is 0 Å². The second kappa shape index (κ2) is 5.10. The van der Waals surface area contributed by atoms with Crippen molar-refractivity contribution in [2.75, 3.05) is 7.11 Å². The smallest absolute Gasteiger partial charge is 0.231 e. The number of aromatic nitrogens is 6. The van der Waals surface area contributed by atoms with Crippen LogP contribution in [-0.2, 0) is 0 Å². The summed E-state index contributed by atoms with van der Waals surface area (Å²) in [5.74, 6) is 0.479. The number of halogens is 1. The lowest BCUT2D eigenvalue weighted by atomic mass is 10.6. The van der Waals surface area contributed by atoms with Gasteiger partial charge in [0.2, 0.25) is 5.88 Å². The number of hydrogen-bond donors (Lipinski definition) is 1. The molecule has 0 spiro atoms. The first-order valence-electron chi connectivity index (χ1n) is 5.16. The number of nitrogens with zero attached hydrogens (tertiary/aromatic N) is 5. The van der Waals surface area contributed by atoms with Crippen LogP contribution in [0.2, 0.25) is 0 Å². The number of H-pyrrole nitrogens is 1. The minimum Gasteiger partial charge on any atom is -0.480 e. The highest BCUT2D eigenvalue weighted by Gasteiger charge is 2.11. The van der Waals surface area contributed by atoms with E-state index < -0.39 is 0 Å². The Morgan fingerprint density at radius 2 is 2.16 bits per heavy atom. The molecule has 0 aliphatic rings. The minimum atomic E-state index is 0.479. The summed E-state index contributed by atoms with van der Waals surface area (Å²) in [5.41, 5.74) is 1.37. The fourth-order valence-corrected chi connectivity index (χ4v) is 2.55. The summed E-state index contributed by atoms with van der Waals surface area (Å²) in [5, 5.41) is 1.25. The lowest BCUT2D eigenvalue weighted by Crippen LogP contribution is -1.94. The zero-order chi connectivity index (χ0) is 13.2. The Balaban J connectivity index is 1.99. The summed E-state index contributed by atoms with van der Waals surface area (Å²) < 4.78 is 5.83. The maximum absolute atomic E-state index is 5.13. The van der Waals surface area contributed by atoms with E-state index >= 15 is 0 Å². The highest BCUT2D eigenvalue weighted by atomic mass is 79.9. The van der Waals surface area contributed by atoms with Crippen molar-refractivity contribution in [1.82, 2.24) is 29.9 Å². The van der Waals surface area contributed by atoms with Crippen molar-refractivity contribution in [3.8, 4) is 5.88 Å². The van der Waals surface area contributed by atoms with Gasteiger partial charge in [0.05, 0.1) is 17.9 Å². The molecule has 0 amide bonds. The molecule has 1 N–H and O–H groups in total. The SMILES string of the molecule is COc1nc(Sc2ncnc3nc[nH]c23)ncc1Br. The quantitative estimate of drug-likeness (QED) is 0.577. The van der Waals surface area contributed by atoms with E-state index in [1.807, 2.05) is 0 Å². The van der Waals surface area contributed by atoms with Crippen molar-refractivity contribution < 1.29 is 4.74 Å². The number of fused-ring (bicyclic) bond motifs is 1. The average Bonchev–Trinajstić information content (AvgIpc) is 2.90. The Labute approximate surface area is 120 Å². The van der Waals surface area contributed by atoms with E-state index in [1.165, 1.54) is 18.1 Å². The summed E-state index contributed by atoms with van der Waals surface area (Å²) in [6.07, 6.45) is 4.67. The van der Waals surface area contributed by atoms with E-state index in [0.717, 1.165) is 5.52 Å². The van der Waals surface area contributed by atoms with Crippen LogP contribution in [-0.4, -0.2) is 37.0 Å². The zero-order valence-electron chi connectivity index (χ0n) is 9.66. The van der Waals surface area contributed by atoms with Gasteiger partial charge in [-0.2, -0.15) is 4.98 Å². The normalized spacial score (nSPS) is 10.8. The molecule has 7 nitrogen and oxygen atoms in total. The molecule has 0 bridgehead atoms. The van der Waals surface area contributed by atoms with E-state index in [4.69, 9.17) is 4.74 Å². The maximum atomic E-state index is 5.13. The van der Waals surface area contributed by atoms with Crippen molar-refractivity contribution >= 4 is 38.9 Å². The summed E-state index contributed by atoms with van der Waals surface area (Å²) in [7, 11) is 1.55. The molecule has 0 fully saturated rings. The lowest BCUT2D eigenvalue weighted by molar-refractivity contribution is 0.389. The number of aromatic amines is 1. The minimum absolute atomic E-state index is 0.479. The Morgan fingerprint density at radius 3 is 3.00 bits per heavy atom. The van der Waals surface area contributed by atoms with Crippen LogP contribution in [0.5, 0.6) is 5.88 Å². The fraction of sp³-hybridized carbons (Fsp3) is 0.100. The van der Waals surface area contributed by atoms with Gasteiger partial charge < -0.3 is 9.72 Å². The Bertz CT molecular complexity index is 733. The van der Waals surface area contributed by atoms with Gasteiger partial charge in [-0.1, -0.05) is 0 Å². The Kier molecular flexibility index (Phi) is 3.30. The van der Waals surface area contributed by atoms with Crippen molar-refractivity contribution in [2.24, 2.45) is 0 Å². The largest absolute Gasteiger partial charge is 0.480 e. The molecule has 3 aromatic heterocycles. The molecule has 19 heavy (non-hydrogen) atoms. The predicted octanol–water partition coefficient (Wildman–Crippen LogP) is 2.07. The number of hydrogen-bond acceptors (Lipinski definition) is 7. The molecule has 0 aliphatic carbocycles. The van der Waals surface area contributed by atoms with Crippen LogP contribution in [0.15, 0.2) is 33.5 Å². The molecule has 0 aromatic carbocycles. The number of imidazole rings is 1. The van der Waals surface area contributed by atoms with Gasteiger partial charge in [0.15, 0.2) is 10.8 Å². The van der Waals surface area contributed by atoms with Crippen molar-refractivity contribution in [3.05, 3.63) is 23.3 Å². The van der Waals surface area contributed by atoms with Crippen LogP contribution in [0.1, 0.15) is 0 Å². The zero-order valence-corrected chi connectivity index (χ0v) is 12.1. The first-order valence-corrected chi connectivity index (χ1v) is 6.77. The van der Waals surface area contributed by atoms with Gasteiger partial charge in [-0.3, -0.25) is 0 Å². The molecule has 3 aromatic rings. The van der Waals surface area contributed by atoms with E-state index in [1.54, 1.807) is 19.6 Å². The molecule has 0 saturated carbocycles. The number of rotatable bonds is 3. The third kappa shape index (κ3) is 2.38. The van der Waals surface area contributed by atoms with Crippen LogP contribution in [0.3, 0.4) is 0 Å². The first kappa shape index (κ1) is 12.3. The number of nitrogens with one attached hydrogen (secondary N) is 1. The standard InChI is InChI=1S/C10H7BrN6OS/c1-18-8-5(11)2-12-10(17-8)19-9-6-7(14-3-13-6)15-4-16-9/h2-4H,1H3,(H,13,14,15,16). The van der Waals surface area contributed by atoms with Gasteiger partial charge in [0, 0.05) is 6.20 Å². The average molecular weight is 339 g/mol. The maximum Gasteiger partial charge on any atom is 0.231 e. The monoisotopic (exact) mass is 338 g/mol. The van der Waals surface area contributed by atoms with E-state index in [2.05, 4.69) is 45.8 Å². The number of methoxy groups -OCH3 is 1. The summed E-state index contributed by atoms with van der Waals surface area (Å²) in [4.78, 5) is 23.8. The van der Waals surface area contributed by atoms with Crippen LogP contribution >= 0.6 is 27.7 Å². The van der Waals surface area contributed by atoms with Crippen molar-refractivity contribution in [1.29, 1.82) is 0 Å². The van der Waals surface area contributed by atoms with Crippen LogP contribution in [0.4, 0.5) is 0 Å². The molecule has 96 valence electrons. The van der Waals surface area contributed by atoms with E-state index in [9.17, 15) is 0 Å². The molecule has 9 heteroatoms. The van der Waals surface area contributed by atoms with Gasteiger partial charge in [0.1, 0.15) is 16.9 Å². The van der Waals surface area contributed by atoms with Crippen LogP contribution in [0.25, 0.3) is 11.2 Å². The predicted molar refractivity (Wildman–Crippen MR) is 72.1 cm³/mol. The van der Waals surface area contributed by atoms with Gasteiger partial charge >= 0.3 is 0 Å².